The lowest BCUT2D eigenvalue weighted by Crippen LogP contribution is -2.40. The second kappa shape index (κ2) is 5.55. The molecule has 2 unspecified atom stereocenters. The molecule has 90 valence electrons. The lowest BCUT2D eigenvalue weighted by molar-refractivity contribution is 0.135. The van der Waals surface area contributed by atoms with E-state index >= 15 is 0 Å². The van der Waals surface area contributed by atoms with Gasteiger partial charge in [-0.1, -0.05) is 13.8 Å². The van der Waals surface area contributed by atoms with Crippen molar-refractivity contribution < 1.29 is 5.11 Å². The van der Waals surface area contributed by atoms with Gasteiger partial charge in [-0.15, -0.1) is 0 Å². The molecular weight excluding hydrogens is 206 g/mol. The van der Waals surface area contributed by atoms with Crippen molar-refractivity contribution in [2.75, 3.05) is 25.4 Å². The molecule has 1 rings (SSSR count). The third kappa shape index (κ3) is 3.97. The van der Waals surface area contributed by atoms with Crippen molar-refractivity contribution >= 4 is 11.8 Å². The molecule has 0 radical (unpaired) electrons. The zero-order chi connectivity index (χ0) is 11.4. The Hall–Kier alpha value is 0.270. The molecular formula is C12H25NOS. The molecule has 15 heavy (non-hydrogen) atoms. The van der Waals surface area contributed by atoms with Gasteiger partial charge in [0.15, 0.2) is 0 Å². The number of aliphatic hydroxyl groups is 1. The molecule has 0 bridgehead atoms. The summed E-state index contributed by atoms with van der Waals surface area (Å²) in [5.74, 6) is 1.31. The summed E-state index contributed by atoms with van der Waals surface area (Å²) >= 11 is 2.09. The molecule has 3 heteroatoms. The number of aliphatic hydroxyl groups excluding tert-OH is 1. The van der Waals surface area contributed by atoms with Crippen LogP contribution in [0.15, 0.2) is 0 Å². The molecule has 0 aromatic rings. The highest BCUT2D eigenvalue weighted by atomic mass is 32.2. The molecule has 1 saturated heterocycles. The molecule has 0 amide bonds. The first kappa shape index (κ1) is 13.3. The maximum absolute atomic E-state index is 9.30. The summed E-state index contributed by atoms with van der Waals surface area (Å²) < 4.78 is 0.435. The van der Waals surface area contributed by atoms with E-state index in [0.717, 1.165) is 19.5 Å². The molecule has 0 spiro atoms. The molecule has 2 atom stereocenters. The highest BCUT2D eigenvalue weighted by Gasteiger charge is 2.30. The minimum absolute atomic E-state index is 0.0552. The van der Waals surface area contributed by atoms with E-state index in [1.54, 1.807) is 0 Å². The molecule has 0 aliphatic carbocycles. The summed E-state index contributed by atoms with van der Waals surface area (Å²) in [6, 6.07) is 0. The van der Waals surface area contributed by atoms with E-state index in [0.29, 0.717) is 4.75 Å². The largest absolute Gasteiger partial charge is 0.396 e. The topological polar surface area (TPSA) is 32.3 Å². The molecule has 1 aliphatic heterocycles. The summed E-state index contributed by atoms with van der Waals surface area (Å²) in [5.41, 5.74) is 0.0552. The first-order valence-corrected chi connectivity index (χ1v) is 6.98. The number of hydrogen-bond acceptors (Lipinski definition) is 3. The Bertz CT molecular complexity index is 182. The summed E-state index contributed by atoms with van der Waals surface area (Å²) in [6.45, 7) is 8.91. The van der Waals surface area contributed by atoms with Gasteiger partial charge in [0.05, 0.1) is 0 Å². The lowest BCUT2D eigenvalue weighted by Gasteiger charge is -2.29. The van der Waals surface area contributed by atoms with E-state index in [1.807, 2.05) is 0 Å². The van der Waals surface area contributed by atoms with Crippen LogP contribution >= 0.6 is 11.8 Å². The van der Waals surface area contributed by atoms with Gasteiger partial charge < -0.3 is 10.4 Å². The van der Waals surface area contributed by atoms with E-state index in [9.17, 15) is 5.11 Å². The van der Waals surface area contributed by atoms with Crippen molar-refractivity contribution in [2.24, 2.45) is 5.41 Å². The van der Waals surface area contributed by atoms with Gasteiger partial charge in [0.25, 0.3) is 0 Å². The molecule has 0 saturated carbocycles. The minimum Gasteiger partial charge on any atom is -0.396 e. The Morgan fingerprint density at radius 2 is 2.27 bits per heavy atom. The van der Waals surface area contributed by atoms with Crippen LogP contribution in [0.2, 0.25) is 0 Å². The highest BCUT2D eigenvalue weighted by molar-refractivity contribution is 8.00. The Labute approximate surface area is 98.2 Å². The Balaban J connectivity index is 2.25. The molecule has 1 heterocycles. The van der Waals surface area contributed by atoms with E-state index in [4.69, 9.17) is 0 Å². The molecule has 2 nitrogen and oxygen atoms in total. The van der Waals surface area contributed by atoms with Crippen LogP contribution in [0.4, 0.5) is 0 Å². The minimum atomic E-state index is 0.0552. The first-order valence-electron chi connectivity index (χ1n) is 5.99. The van der Waals surface area contributed by atoms with Crippen LogP contribution in [0.5, 0.6) is 0 Å². The Morgan fingerprint density at radius 3 is 2.73 bits per heavy atom. The number of nitrogens with one attached hydrogen (secondary N) is 1. The van der Waals surface area contributed by atoms with Gasteiger partial charge in [0.2, 0.25) is 0 Å². The number of thioether (sulfide) groups is 1. The predicted octanol–water partition coefficient (Wildman–Crippen LogP) is 2.27. The van der Waals surface area contributed by atoms with Gasteiger partial charge in [0, 0.05) is 29.9 Å². The standard InChI is InChI=1S/C12H25NOS/c1-4-11(2,10-14)8-13-9-12(3)6-5-7-15-12/h13-14H,4-10H2,1-3H3. The van der Waals surface area contributed by atoms with Crippen LogP contribution in [-0.2, 0) is 0 Å². The van der Waals surface area contributed by atoms with Crippen LogP contribution in [-0.4, -0.2) is 35.3 Å². The van der Waals surface area contributed by atoms with E-state index in [1.165, 1.54) is 18.6 Å². The zero-order valence-electron chi connectivity index (χ0n) is 10.3. The summed E-state index contributed by atoms with van der Waals surface area (Å²) in [4.78, 5) is 0. The average Bonchev–Trinajstić information content (AvgIpc) is 2.65. The summed E-state index contributed by atoms with van der Waals surface area (Å²) in [6.07, 6.45) is 3.71. The molecule has 1 aliphatic rings. The normalized spacial score (nSPS) is 30.4. The van der Waals surface area contributed by atoms with Gasteiger partial charge >= 0.3 is 0 Å². The number of hydrogen-bond donors (Lipinski definition) is 2. The van der Waals surface area contributed by atoms with Crippen LogP contribution in [0.3, 0.4) is 0 Å². The maximum atomic E-state index is 9.30. The smallest absolute Gasteiger partial charge is 0.0496 e. The lowest BCUT2D eigenvalue weighted by atomic mass is 9.88. The van der Waals surface area contributed by atoms with Gasteiger partial charge in [-0.25, -0.2) is 0 Å². The third-order valence-electron chi connectivity index (χ3n) is 3.59. The van der Waals surface area contributed by atoms with E-state index < -0.39 is 0 Å². The van der Waals surface area contributed by atoms with Crippen LogP contribution in [0, 0.1) is 5.41 Å². The van der Waals surface area contributed by atoms with Gasteiger partial charge in [-0.2, -0.15) is 11.8 Å². The van der Waals surface area contributed by atoms with Gasteiger partial charge in [-0.05, 0) is 31.9 Å². The molecule has 0 aromatic carbocycles. The fourth-order valence-electron chi connectivity index (χ4n) is 1.90. The second-order valence-corrected chi connectivity index (χ2v) is 7.01. The Kier molecular flexibility index (Phi) is 4.94. The van der Waals surface area contributed by atoms with Crippen molar-refractivity contribution in [1.29, 1.82) is 0 Å². The van der Waals surface area contributed by atoms with Crippen molar-refractivity contribution in [3.8, 4) is 0 Å². The fourth-order valence-corrected chi connectivity index (χ4v) is 3.17. The predicted molar refractivity (Wildman–Crippen MR) is 68.5 cm³/mol. The van der Waals surface area contributed by atoms with Crippen molar-refractivity contribution in [3.63, 3.8) is 0 Å². The van der Waals surface area contributed by atoms with Crippen LogP contribution in [0.1, 0.15) is 40.0 Å². The summed E-state index contributed by atoms with van der Waals surface area (Å²) in [7, 11) is 0. The fraction of sp³-hybridized carbons (Fsp3) is 1.00. The van der Waals surface area contributed by atoms with E-state index in [2.05, 4.69) is 37.8 Å². The SMILES string of the molecule is CCC(C)(CO)CNCC1(C)CCCS1. The molecule has 0 aromatic heterocycles. The highest BCUT2D eigenvalue weighted by Crippen LogP contribution is 2.37. The number of rotatable bonds is 6. The third-order valence-corrected chi connectivity index (χ3v) is 5.12. The van der Waals surface area contributed by atoms with Crippen LogP contribution < -0.4 is 5.32 Å². The van der Waals surface area contributed by atoms with Crippen molar-refractivity contribution in [2.45, 2.75) is 44.8 Å². The second-order valence-electron chi connectivity index (χ2n) is 5.33. The van der Waals surface area contributed by atoms with Gasteiger partial charge in [0.1, 0.15) is 0 Å². The molecule has 2 N–H and O–H groups in total. The molecule has 1 fully saturated rings. The average molecular weight is 231 g/mol. The monoisotopic (exact) mass is 231 g/mol. The Morgan fingerprint density at radius 1 is 1.53 bits per heavy atom. The van der Waals surface area contributed by atoms with Crippen molar-refractivity contribution in [3.05, 3.63) is 0 Å². The zero-order valence-corrected chi connectivity index (χ0v) is 11.1. The maximum Gasteiger partial charge on any atom is 0.0496 e. The van der Waals surface area contributed by atoms with E-state index in [-0.39, 0.29) is 12.0 Å². The van der Waals surface area contributed by atoms with Gasteiger partial charge in [-0.3, -0.25) is 0 Å². The first-order chi connectivity index (χ1) is 7.04. The summed E-state index contributed by atoms with van der Waals surface area (Å²) in [5, 5.41) is 12.8. The van der Waals surface area contributed by atoms with Crippen molar-refractivity contribution in [1.82, 2.24) is 5.32 Å². The quantitative estimate of drug-likeness (QED) is 0.735. The van der Waals surface area contributed by atoms with Crippen LogP contribution in [0.25, 0.3) is 0 Å².